The first-order valence-corrected chi connectivity index (χ1v) is 6.61. The molecule has 0 aliphatic carbocycles. The average molecular weight is 248 g/mol. The van der Waals surface area contributed by atoms with E-state index in [0.29, 0.717) is 12.6 Å². The number of nitrogens with zero attached hydrogens (tertiary/aromatic N) is 3. The molecule has 0 spiro atoms. The van der Waals surface area contributed by atoms with Crippen molar-refractivity contribution in [2.45, 2.75) is 32.9 Å². The van der Waals surface area contributed by atoms with Crippen LogP contribution in [-0.4, -0.2) is 43.1 Å². The smallest absolute Gasteiger partial charge is 0.0448 e. The molecule has 100 valence electrons. The molecule has 0 amide bonds. The molecular weight excluding hydrogens is 224 g/mol. The number of rotatable bonds is 3. The van der Waals surface area contributed by atoms with Crippen molar-refractivity contribution in [2.24, 2.45) is 5.73 Å². The number of pyridine rings is 1. The Balaban J connectivity index is 2.29. The van der Waals surface area contributed by atoms with E-state index in [1.165, 1.54) is 17.7 Å². The number of aryl methyl sites for hydroxylation is 2. The zero-order valence-electron chi connectivity index (χ0n) is 11.9. The largest absolute Gasteiger partial charge is 0.370 e. The SMILES string of the molecule is Cc1cc(N2CCC(N(C)C)C2)c(CN)c(C)n1. The van der Waals surface area contributed by atoms with Gasteiger partial charge in [0.1, 0.15) is 0 Å². The molecule has 1 fully saturated rings. The van der Waals surface area contributed by atoms with E-state index in [1.807, 2.05) is 0 Å². The van der Waals surface area contributed by atoms with Gasteiger partial charge in [-0.2, -0.15) is 0 Å². The molecular formula is C14H24N4. The first kappa shape index (κ1) is 13.3. The summed E-state index contributed by atoms with van der Waals surface area (Å²) >= 11 is 0. The Bertz CT molecular complexity index is 428. The fraction of sp³-hybridized carbons (Fsp3) is 0.643. The van der Waals surface area contributed by atoms with Crippen molar-refractivity contribution in [2.75, 3.05) is 32.1 Å². The monoisotopic (exact) mass is 248 g/mol. The van der Waals surface area contributed by atoms with E-state index in [-0.39, 0.29) is 0 Å². The predicted octanol–water partition coefficient (Wildman–Crippen LogP) is 1.30. The maximum Gasteiger partial charge on any atom is 0.0448 e. The van der Waals surface area contributed by atoms with Crippen molar-refractivity contribution in [1.29, 1.82) is 0 Å². The molecule has 2 heterocycles. The van der Waals surface area contributed by atoms with Crippen LogP contribution in [0.2, 0.25) is 0 Å². The lowest BCUT2D eigenvalue weighted by Crippen LogP contribution is -2.32. The topological polar surface area (TPSA) is 45.4 Å². The van der Waals surface area contributed by atoms with Crippen LogP contribution in [0.15, 0.2) is 6.07 Å². The van der Waals surface area contributed by atoms with Crippen molar-refractivity contribution in [3.8, 4) is 0 Å². The second-order valence-electron chi connectivity index (χ2n) is 5.40. The molecule has 18 heavy (non-hydrogen) atoms. The van der Waals surface area contributed by atoms with Crippen LogP contribution in [0.3, 0.4) is 0 Å². The van der Waals surface area contributed by atoms with Gasteiger partial charge in [-0.3, -0.25) is 4.98 Å². The lowest BCUT2D eigenvalue weighted by molar-refractivity contribution is 0.315. The fourth-order valence-electron chi connectivity index (χ4n) is 2.75. The van der Waals surface area contributed by atoms with Gasteiger partial charge in [-0.15, -0.1) is 0 Å². The second kappa shape index (κ2) is 5.24. The number of aromatic nitrogens is 1. The Labute approximate surface area is 110 Å². The third-order valence-electron chi connectivity index (χ3n) is 3.87. The maximum atomic E-state index is 5.89. The van der Waals surface area contributed by atoms with Crippen LogP contribution in [0.25, 0.3) is 0 Å². The molecule has 0 aromatic carbocycles. The van der Waals surface area contributed by atoms with Crippen LogP contribution in [0, 0.1) is 13.8 Å². The molecule has 1 unspecified atom stereocenters. The van der Waals surface area contributed by atoms with E-state index in [0.717, 1.165) is 24.5 Å². The van der Waals surface area contributed by atoms with Crippen molar-refractivity contribution < 1.29 is 0 Å². The van der Waals surface area contributed by atoms with Gasteiger partial charge in [-0.25, -0.2) is 0 Å². The molecule has 1 aliphatic rings. The summed E-state index contributed by atoms with van der Waals surface area (Å²) in [4.78, 5) is 9.27. The van der Waals surface area contributed by atoms with Crippen molar-refractivity contribution in [3.63, 3.8) is 0 Å². The molecule has 1 aromatic rings. The Morgan fingerprint density at radius 3 is 2.72 bits per heavy atom. The van der Waals surface area contributed by atoms with E-state index in [4.69, 9.17) is 5.73 Å². The Kier molecular flexibility index (Phi) is 3.88. The van der Waals surface area contributed by atoms with Gasteiger partial charge in [0, 0.05) is 48.3 Å². The van der Waals surface area contributed by atoms with Gasteiger partial charge in [0.05, 0.1) is 0 Å². The number of nitrogens with two attached hydrogens (primary N) is 1. The normalized spacial score (nSPS) is 19.9. The molecule has 1 atom stereocenters. The minimum absolute atomic E-state index is 0.567. The van der Waals surface area contributed by atoms with E-state index in [2.05, 4.69) is 48.8 Å². The summed E-state index contributed by atoms with van der Waals surface area (Å²) in [5.41, 5.74) is 10.5. The zero-order valence-corrected chi connectivity index (χ0v) is 11.9. The van der Waals surface area contributed by atoms with Gasteiger partial charge in [-0.1, -0.05) is 0 Å². The quantitative estimate of drug-likeness (QED) is 0.876. The van der Waals surface area contributed by atoms with E-state index < -0.39 is 0 Å². The van der Waals surface area contributed by atoms with Crippen molar-refractivity contribution >= 4 is 5.69 Å². The van der Waals surface area contributed by atoms with Crippen LogP contribution in [0.5, 0.6) is 0 Å². The van der Waals surface area contributed by atoms with Crippen LogP contribution < -0.4 is 10.6 Å². The molecule has 2 rings (SSSR count). The highest BCUT2D eigenvalue weighted by Gasteiger charge is 2.26. The van der Waals surface area contributed by atoms with Crippen molar-refractivity contribution in [3.05, 3.63) is 23.0 Å². The van der Waals surface area contributed by atoms with Crippen LogP contribution in [0.4, 0.5) is 5.69 Å². The Morgan fingerprint density at radius 1 is 1.44 bits per heavy atom. The summed E-state index contributed by atoms with van der Waals surface area (Å²) in [7, 11) is 4.31. The fourth-order valence-corrected chi connectivity index (χ4v) is 2.75. The standard InChI is InChI=1S/C14H24N4/c1-10-7-14(13(8-15)11(2)16-10)18-6-5-12(9-18)17(3)4/h7,12H,5-6,8-9,15H2,1-4H3. The minimum Gasteiger partial charge on any atom is -0.370 e. The van der Waals surface area contributed by atoms with Gasteiger partial charge < -0.3 is 15.5 Å². The first-order chi connectivity index (χ1) is 8.52. The third-order valence-corrected chi connectivity index (χ3v) is 3.87. The Morgan fingerprint density at radius 2 is 2.17 bits per heavy atom. The summed E-state index contributed by atoms with van der Waals surface area (Å²) < 4.78 is 0. The highest BCUT2D eigenvalue weighted by atomic mass is 15.2. The van der Waals surface area contributed by atoms with Gasteiger partial charge in [0.15, 0.2) is 0 Å². The second-order valence-corrected chi connectivity index (χ2v) is 5.40. The Hall–Kier alpha value is -1.13. The molecule has 0 saturated carbocycles. The molecule has 4 nitrogen and oxygen atoms in total. The number of hydrogen-bond donors (Lipinski definition) is 1. The summed E-state index contributed by atoms with van der Waals surface area (Å²) in [6.07, 6.45) is 1.22. The van der Waals surface area contributed by atoms with Crippen LogP contribution in [-0.2, 0) is 6.54 Å². The van der Waals surface area contributed by atoms with Gasteiger partial charge in [-0.05, 0) is 40.4 Å². The predicted molar refractivity (Wildman–Crippen MR) is 75.9 cm³/mol. The van der Waals surface area contributed by atoms with Gasteiger partial charge in [0.25, 0.3) is 0 Å². The molecule has 2 N–H and O–H groups in total. The highest BCUT2D eigenvalue weighted by Crippen LogP contribution is 2.27. The summed E-state index contributed by atoms with van der Waals surface area (Å²) in [6, 6.07) is 2.82. The summed E-state index contributed by atoms with van der Waals surface area (Å²) in [5, 5.41) is 0. The minimum atomic E-state index is 0.567. The summed E-state index contributed by atoms with van der Waals surface area (Å²) in [5.74, 6) is 0. The van der Waals surface area contributed by atoms with Crippen LogP contribution in [0.1, 0.15) is 23.4 Å². The summed E-state index contributed by atoms with van der Waals surface area (Å²) in [6.45, 7) is 6.87. The molecule has 1 saturated heterocycles. The number of anilines is 1. The first-order valence-electron chi connectivity index (χ1n) is 6.61. The lowest BCUT2D eigenvalue weighted by atomic mass is 10.1. The van der Waals surface area contributed by atoms with Gasteiger partial charge in [0.2, 0.25) is 0 Å². The number of hydrogen-bond acceptors (Lipinski definition) is 4. The number of likely N-dealkylation sites (N-methyl/N-ethyl adjacent to an activating group) is 1. The molecule has 1 aromatic heterocycles. The average Bonchev–Trinajstić information content (AvgIpc) is 2.77. The third kappa shape index (κ3) is 2.49. The van der Waals surface area contributed by atoms with E-state index in [1.54, 1.807) is 0 Å². The van der Waals surface area contributed by atoms with E-state index in [9.17, 15) is 0 Å². The van der Waals surface area contributed by atoms with Crippen LogP contribution >= 0.6 is 0 Å². The maximum absolute atomic E-state index is 5.89. The van der Waals surface area contributed by atoms with Crippen molar-refractivity contribution in [1.82, 2.24) is 9.88 Å². The molecule has 0 bridgehead atoms. The lowest BCUT2D eigenvalue weighted by Gasteiger charge is -2.24. The molecule has 0 radical (unpaired) electrons. The molecule has 4 heteroatoms. The van der Waals surface area contributed by atoms with E-state index >= 15 is 0 Å². The van der Waals surface area contributed by atoms with Gasteiger partial charge >= 0.3 is 0 Å². The highest BCUT2D eigenvalue weighted by molar-refractivity contribution is 5.57. The zero-order chi connectivity index (χ0) is 13.3. The molecule has 1 aliphatic heterocycles.